The first-order valence-electron chi connectivity index (χ1n) is 8.27. The molecule has 0 saturated carbocycles. The van der Waals surface area contributed by atoms with E-state index in [1.54, 1.807) is 12.1 Å². The van der Waals surface area contributed by atoms with Crippen molar-refractivity contribution in [3.05, 3.63) is 75.3 Å². The van der Waals surface area contributed by atoms with E-state index in [0.717, 1.165) is 12.2 Å². The highest BCUT2D eigenvalue weighted by molar-refractivity contribution is 7.99. The first-order valence-corrected chi connectivity index (χ1v) is 9.32. The van der Waals surface area contributed by atoms with Gasteiger partial charge < -0.3 is 4.90 Å². The average molecular weight is 356 g/mol. The van der Waals surface area contributed by atoms with Crippen LogP contribution in [0.3, 0.4) is 0 Å². The highest BCUT2D eigenvalue weighted by Gasteiger charge is 2.24. The second-order valence-electron chi connectivity index (χ2n) is 6.10. The average Bonchev–Trinajstić information content (AvgIpc) is 2.87. The number of nitro benzene ring substituents is 1. The quantitative estimate of drug-likeness (QED) is 0.610. The Morgan fingerprint density at radius 3 is 2.76 bits per heavy atom. The number of rotatable bonds is 3. The Kier molecular flexibility index (Phi) is 5.38. The van der Waals surface area contributed by atoms with Crippen molar-refractivity contribution < 1.29 is 9.72 Å². The maximum atomic E-state index is 12.7. The zero-order valence-electron chi connectivity index (χ0n) is 14.1. The second-order valence-corrected chi connectivity index (χ2v) is 7.41. The zero-order chi connectivity index (χ0) is 17.8. The summed E-state index contributed by atoms with van der Waals surface area (Å²) in [6.07, 6.45) is 0.885. The summed E-state index contributed by atoms with van der Waals surface area (Å²) < 4.78 is 0. The molecule has 0 aromatic heterocycles. The maximum absolute atomic E-state index is 12.7. The van der Waals surface area contributed by atoms with Crippen LogP contribution in [0.25, 0.3) is 0 Å². The van der Waals surface area contributed by atoms with Gasteiger partial charge >= 0.3 is 0 Å². The minimum Gasteiger partial charge on any atom is -0.338 e. The Balaban J connectivity index is 1.73. The number of carbonyl (C=O) groups is 1. The molecule has 2 aromatic rings. The fourth-order valence-corrected chi connectivity index (χ4v) is 4.43. The molecule has 2 aromatic carbocycles. The molecular weight excluding hydrogens is 336 g/mol. The summed E-state index contributed by atoms with van der Waals surface area (Å²) >= 11 is 1.87. The third kappa shape index (κ3) is 4.02. The standard InChI is InChI=1S/C19H20N2O3S/c1-14-5-2-3-8-17(14)18-9-10-20(11-12-25-18)19(22)15-6-4-7-16(13-15)21(23)24/h2-8,13,18H,9-12H2,1H3. The summed E-state index contributed by atoms with van der Waals surface area (Å²) in [5, 5.41) is 11.3. The van der Waals surface area contributed by atoms with Crippen LogP contribution in [0.5, 0.6) is 0 Å². The van der Waals surface area contributed by atoms with Crippen molar-refractivity contribution in [2.75, 3.05) is 18.8 Å². The van der Waals surface area contributed by atoms with Gasteiger partial charge in [0.05, 0.1) is 4.92 Å². The van der Waals surface area contributed by atoms with Gasteiger partial charge in [0.15, 0.2) is 0 Å². The fraction of sp³-hybridized carbons (Fsp3) is 0.316. The lowest BCUT2D eigenvalue weighted by atomic mass is 10.0. The van der Waals surface area contributed by atoms with E-state index in [2.05, 4.69) is 25.1 Å². The Hall–Kier alpha value is -2.34. The van der Waals surface area contributed by atoms with Crippen molar-refractivity contribution in [1.82, 2.24) is 4.90 Å². The van der Waals surface area contributed by atoms with Gasteiger partial charge in [-0.15, -0.1) is 0 Å². The number of nitro groups is 1. The molecule has 1 aliphatic rings. The van der Waals surface area contributed by atoms with Crippen molar-refractivity contribution in [2.24, 2.45) is 0 Å². The Morgan fingerprint density at radius 2 is 2.00 bits per heavy atom. The van der Waals surface area contributed by atoms with E-state index >= 15 is 0 Å². The molecule has 1 saturated heterocycles. The minimum absolute atomic E-state index is 0.0483. The van der Waals surface area contributed by atoms with Crippen LogP contribution >= 0.6 is 11.8 Å². The highest BCUT2D eigenvalue weighted by Crippen LogP contribution is 2.36. The molecule has 1 fully saturated rings. The van der Waals surface area contributed by atoms with Crippen LogP contribution in [0, 0.1) is 17.0 Å². The molecule has 1 amide bonds. The summed E-state index contributed by atoms with van der Waals surface area (Å²) in [6.45, 7) is 3.44. The number of nitrogens with zero attached hydrogens (tertiary/aromatic N) is 2. The molecule has 1 heterocycles. The predicted octanol–water partition coefficient (Wildman–Crippen LogP) is 4.22. The van der Waals surface area contributed by atoms with E-state index in [4.69, 9.17) is 0 Å². The van der Waals surface area contributed by atoms with Gasteiger partial charge in [-0.25, -0.2) is 0 Å². The second kappa shape index (κ2) is 7.70. The van der Waals surface area contributed by atoms with Crippen LogP contribution in [0.4, 0.5) is 5.69 Å². The van der Waals surface area contributed by atoms with Crippen LogP contribution in [0.2, 0.25) is 0 Å². The number of aryl methyl sites for hydroxylation is 1. The molecule has 5 nitrogen and oxygen atoms in total. The summed E-state index contributed by atoms with van der Waals surface area (Å²) in [6, 6.07) is 14.3. The normalized spacial score (nSPS) is 17.8. The van der Waals surface area contributed by atoms with Crippen molar-refractivity contribution in [3.8, 4) is 0 Å². The van der Waals surface area contributed by atoms with Crippen LogP contribution in [-0.2, 0) is 0 Å². The lowest BCUT2D eigenvalue weighted by Gasteiger charge is -2.20. The number of thioether (sulfide) groups is 1. The molecule has 1 aliphatic heterocycles. The third-order valence-corrected chi connectivity index (χ3v) is 5.78. The van der Waals surface area contributed by atoms with E-state index in [0.29, 0.717) is 23.9 Å². The molecule has 3 rings (SSSR count). The number of benzene rings is 2. The van der Waals surface area contributed by atoms with Crippen LogP contribution in [-0.4, -0.2) is 34.6 Å². The monoisotopic (exact) mass is 356 g/mol. The maximum Gasteiger partial charge on any atom is 0.270 e. The summed E-state index contributed by atoms with van der Waals surface area (Å²) in [4.78, 5) is 25.0. The molecule has 0 N–H and O–H groups in total. The van der Waals surface area contributed by atoms with Crippen molar-refractivity contribution in [2.45, 2.75) is 18.6 Å². The zero-order valence-corrected chi connectivity index (χ0v) is 14.9. The SMILES string of the molecule is Cc1ccccc1C1CCN(C(=O)c2cccc([N+](=O)[O-])c2)CCS1. The molecule has 0 bridgehead atoms. The van der Waals surface area contributed by atoms with E-state index in [1.807, 2.05) is 22.7 Å². The van der Waals surface area contributed by atoms with Gasteiger partial charge in [0.2, 0.25) is 0 Å². The van der Waals surface area contributed by atoms with Gasteiger partial charge in [0, 0.05) is 41.8 Å². The molecule has 6 heteroatoms. The first-order chi connectivity index (χ1) is 12.1. The molecular formula is C19H20N2O3S. The Labute approximate surface area is 151 Å². The summed E-state index contributed by atoms with van der Waals surface area (Å²) in [7, 11) is 0. The number of hydrogen-bond acceptors (Lipinski definition) is 4. The molecule has 0 spiro atoms. The van der Waals surface area contributed by atoms with Gasteiger partial charge in [-0.1, -0.05) is 30.3 Å². The van der Waals surface area contributed by atoms with Gasteiger partial charge in [-0.3, -0.25) is 14.9 Å². The first kappa shape index (κ1) is 17.5. The van der Waals surface area contributed by atoms with Gasteiger partial charge in [0.25, 0.3) is 11.6 Å². The van der Waals surface area contributed by atoms with E-state index in [-0.39, 0.29) is 11.6 Å². The lowest BCUT2D eigenvalue weighted by molar-refractivity contribution is -0.384. The molecule has 1 unspecified atom stereocenters. The predicted molar refractivity (Wildman–Crippen MR) is 100.0 cm³/mol. The van der Waals surface area contributed by atoms with E-state index in [9.17, 15) is 14.9 Å². The molecule has 0 aliphatic carbocycles. The molecule has 0 radical (unpaired) electrons. The van der Waals surface area contributed by atoms with E-state index < -0.39 is 4.92 Å². The van der Waals surface area contributed by atoms with Crippen LogP contribution in [0.1, 0.15) is 33.2 Å². The molecule has 25 heavy (non-hydrogen) atoms. The lowest BCUT2D eigenvalue weighted by Crippen LogP contribution is -2.33. The molecule has 130 valence electrons. The van der Waals surface area contributed by atoms with Crippen LogP contribution < -0.4 is 0 Å². The highest BCUT2D eigenvalue weighted by atomic mass is 32.2. The van der Waals surface area contributed by atoms with Crippen molar-refractivity contribution >= 4 is 23.4 Å². The van der Waals surface area contributed by atoms with E-state index in [1.165, 1.54) is 23.3 Å². The van der Waals surface area contributed by atoms with Gasteiger partial charge in [-0.05, 0) is 30.5 Å². The van der Waals surface area contributed by atoms with Crippen LogP contribution in [0.15, 0.2) is 48.5 Å². The van der Waals surface area contributed by atoms with Crippen molar-refractivity contribution in [1.29, 1.82) is 0 Å². The summed E-state index contributed by atoms with van der Waals surface area (Å²) in [5.41, 5.74) is 2.94. The fourth-order valence-electron chi connectivity index (χ4n) is 3.10. The molecule has 1 atom stereocenters. The van der Waals surface area contributed by atoms with Gasteiger partial charge in [-0.2, -0.15) is 11.8 Å². The number of carbonyl (C=O) groups excluding carboxylic acids is 1. The topological polar surface area (TPSA) is 63.5 Å². The van der Waals surface area contributed by atoms with Crippen molar-refractivity contribution in [3.63, 3.8) is 0 Å². The van der Waals surface area contributed by atoms with Gasteiger partial charge in [0.1, 0.15) is 0 Å². The number of amides is 1. The Bertz CT molecular complexity index is 794. The largest absolute Gasteiger partial charge is 0.338 e. The smallest absolute Gasteiger partial charge is 0.270 e. The third-order valence-electron chi connectivity index (χ3n) is 4.47. The minimum atomic E-state index is -0.469. The summed E-state index contributed by atoms with van der Waals surface area (Å²) in [5.74, 6) is 0.731. The number of hydrogen-bond donors (Lipinski definition) is 0. The Morgan fingerprint density at radius 1 is 1.20 bits per heavy atom. The number of non-ortho nitro benzene ring substituents is 1.